The van der Waals surface area contributed by atoms with E-state index < -0.39 is 23.0 Å². The monoisotopic (exact) mass is 368 g/mol. The van der Waals surface area contributed by atoms with Crippen molar-refractivity contribution in [2.24, 2.45) is 17.9 Å². The number of hydrogen-bond acceptors (Lipinski definition) is 5. The van der Waals surface area contributed by atoms with Crippen LogP contribution in [-0.2, 0) is 16.6 Å². The van der Waals surface area contributed by atoms with Gasteiger partial charge in [-0.25, -0.2) is 4.98 Å². The molecular formula is C17H19F3N4O2. The molecule has 4 rings (SSSR count). The number of halogens is 3. The number of fused-ring (bicyclic) bond motifs is 2. The number of alkyl halides is 3. The molecule has 0 amide bonds. The van der Waals surface area contributed by atoms with Gasteiger partial charge in [0, 0.05) is 25.8 Å². The molecule has 1 saturated heterocycles. The number of nitrogens with zero attached hydrogens (tertiary/aromatic N) is 4. The van der Waals surface area contributed by atoms with Crippen LogP contribution in [-0.4, -0.2) is 46.6 Å². The minimum atomic E-state index is -4.47. The number of rotatable bonds is 3. The van der Waals surface area contributed by atoms with Crippen LogP contribution in [0.5, 0.6) is 0 Å². The number of aryl methyl sites for hydroxylation is 2. The number of pyridine rings is 1. The first-order valence-corrected chi connectivity index (χ1v) is 8.43. The quantitative estimate of drug-likeness (QED) is 0.780. The second-order valence-corrected chi connectivity index (χ2v) is 7.20. The molecule has 140 valence electrons. The Kier molecular flexibility index (Phi) is 3.36. The summed E-state index contributed by atoms with van der Waals surface area (Å²) >= 11 is 0. The Morgan fingerprint density at radius 2 is 2.12 bits per heavy atom. The largest absolute Gasteiger partial charge is 0.465 e. The maximum Gasteiger partial charge on any atom is 0.397 e. The van der Waals surface area contributed by atoms with Gasteiger partial charge in [0.15, 0.2) is 5.65 Å². The lowest BCUT2D eigenvalue weighted by atomic mass is 9.96. The summed E-state index contributed by atoms with van der Waals surface area (Å²) in [5.41, 5.74) is -1.65. The van der Waals surface area contributed by atoms with Crippen LogP contribution >= 0.6 is 0 Å². The predicted octanol–water partition coefficient (Wildman–Crippen LogP) is 2.60. The zero-order valence-electron chi connectivity index (χ0n) is 14.7. The third-order valence-corrected chi connectivity index (χ3v) is 5.68. The number of esters is 1. The Labute approximate surface area is 147 Å². The van der Waals surface area contributed by atoms with Crippen molar-refractivity contribution in [2.45, 2.75) is 26.4 Å². The molecule has 2 aromatic heterocycles. The molecule has 0 radical (unpaired) electrons. The first kappa shape index (κ1) is 17.1. The van der Waals surface area contributed by atoms with Gasteiger partial charge in [-0.3, -0.25) is 9.48 Å². The molecule has 1 saturated carbocycles. The van der Waals surface area contributed by atoms with Gasteiger partial charge >= 0.3 is 12.1 Å². The predicted molar refractivity (Wildman–Crippen MR) is 87.6 cm³/mol. The van der Waals surface area contributed by atoms with E-state index in [1.807, 2.05) is 0 Å². The van der Waals surface area contributed by atoms with Crippen molar-refractivity contribution in [3.8, 4) is 0 Å². The van der Waals surface area contributed by atoms with Gasteiger partial charge in [-0.15, -0.1) is 0 Å². The SMILES string of the molecule is CCOC(=O)C12CN(c3cc(C)nc4c3cnn4C)CC1(C(F)(F)F)C2. The van der Waals surface area contributed by atoms with Gasteiger partial charge in [0.1, 0.15) is 10.8 Å². The third-order valence-electron chi connectivity index (χ3n) is 5.68. The second kappa shape index (κ2) is 5.11. The van der Waals surface area contributed by atoms with E-state index in [1.54, 1.807) is 42.7 Å². The topological polar surface area (TPSA) is 60.2 Å². The summed E-state index contributed by atoms with van der Waals surface area (Å²) < 4.78 is 48.1. The van der Waals surface area contributed by atoms with E-state index in [0.29, 0.717) is 22.4 Å². The fourth-order valence-corrected chi connectivity index (χ4v) is 4.31. The van der Waals surface area contributed by atoms with Gasteiger partial charge in [0.25, 0.3) is 0 Å². The molecule has 2 atom stereocenters. The van der Waals surface area contributed by atoms with E-state index >= 15 is 0 Å². The van der Waals surface area contributed by atoms with Crippen molar-refractivity contribution in [3.63, 3.8) is 0 Å². The molecule has 1 aliphatic heterocycles. The summed E-state index contributed by atoms with van der Waals surface area (Å²) in [6.07, 6.45) is -3.08. The van der Waals surface area contributed by atoms with Gasteiger partial charge < -0.3 is 9.64 Å². The van der Waals surface area contributed by atoms with Crippen LogP contribution in [0.3, 0.4) is 0 Å². The van der Waals surface area contributed by atoms with Crippen molar-refractivity contribution in [1.82, 2.24) is 14.8 Å². The van der Waals surface area contributed by atoms with Crippen molar-refractivity contribution < 1.29 is 22.7 Å². The lowest BCUT2D eigenvalue weighted by molar-refractivity contribution is -0.195. The number of anilines is 1. The van der Waals surface area contributed by atoms with E-state index in [-0.39, 0.29) is 26.1 Å². The molecule has 6 nitrogen and oxygen atoms in total. The van der Waals surface area contributed by atoms with Crippen molar-refractivity contribution in [3.05, 3.63) is 18.0 Å². The van der Waals surface area contributed by atoms with E-state index in [2.05, 4.69) is 10.1 Å². The normalized spacial score (nSPS) is 27.7. The Morgan fingerprint density at radius 3 is 2.77 bits per heavy atom. The van der Waals surface area contributed by atoms with Crippen LogP contribution in [0, 0.1) is 17.8 Å². The zero-order chi connectivity index (χ0) is 18.9. The molecule has 0 bridgehead atoms. The fourth-order valence-electron chi connectivity index (χ4n) is 4.31. The number of aromatic nitrogens is 3. The molecule has 0 spiro atoms. The van der Waals surface area contributed by atoms with E-state index in [4.69, 9.17) is 4.74 Å². The molecule has 9 heteroatoms. The Morgan fingerprint density at radius 1 is 1.38 bits per heavy atom. The van der Waals surface area contributed by atoms with Gasteiger partial charge in [-0.05, 0) is 26.3 Å². The second-order valence-electron chi connectivity index (χ2n) is 7.20. The van der Waals surface area contributed by atoms with E-state index in [1.165, 1.54) is 0 Å². The number of ether oxygens (including phenoxy) is 1. The van der Waals surface area contributed by atoms with Crippen LogP contribution in [0.4, 0.5) is 18.9 Å². The van der Waals surface area contributed by atoms with Crippen LogP contribution in [0.2, 0.25) is 0 Å². The summed E-state index contributed by atoms with van der Waals surface area (Å²) in [6, 6.07) is 1.75. The number of hydrogen-bond donors (Lipinski definition) is 0. The highest BCUT2D eigenvalue weighted by Gasteiger charge is 2.87. The summed E-state index contributed by atoms with van der Waals surface area (Å²) in [7, 11) is 1.73. The van der Waals surface area contributed by atoms with Crippen molar-refractivity contribution in [2.75, 3.05) is 24.6 Å². The van der Waals surface area contributed by atoms with Crippen LogP contribution in [0.25, 0.3) is 11.0 Å². The Bertz CT molecular complexity index is 909. The first-order valence-electron chi connectivity index (χ1n) is 8.43. The Balaban J connectivity index is 1.79. The number of carbonyl (C=O) groups is 1. The molecule has 2 aliphatic rings. The average molecular weight is 368 g/mol. The fraction of sp³-hybridized carbons (Fsp3) is 0.588. The number of piperidine rings is 1. The smallest absolute Gasteiger partial charge is 0.397 e. The summed E-state index contributed by atoms with van der Waals surface area (Å²) in [5, 5.41) is 4.84. The van der Waals surface area contributed by atoms with Gasteiger partial charge in [-0.2, -0.15) is 18.3 Å². The molecule has 26 heavy (non-hydrogen) atoms. The highest BCUT2D eigenvalue weighted by atomic mass is 19.4. The van der Waals surface area contributed by atoms with Crippen LogP contribution in [0.15, 0.2) is 12.3 Å². The van der Waals surface area contributed by atoms with E-state index in [9.17, 15) is 18.0 Å². The molecular weight excluding hydrogens is 349 g/mol. The molecule has 0 N–H and O–H groups in total. The first-order chi connectivity index (χ1) is 12.1. The number of carbonyl (C=O) groups excluding carboxylic acids is 1. The summed E-state index contributed by atoms with van der Waals surface area (Å²) in [6.45, 7) is 3.18. The lowest BCUT2D eigenvalue weighted by Crippen LogP contribution is -2.35. The molecule has 2 unspecified atom stereocenters. The minimum Gasteiger partial charge on any atom is -0.465 e. The molecule has 2 fully saturated rings. The van der Waals surface area contributed by atoms with Crippen LogP contribution < -0.4 is 4.90 Å². The summed E-state index contributed by atoms with van der Waals surface area (Å²) in [4.78, 5) is 18.4. The minimum absolute atomic E-state index is 0.0151. The lowest BCUT2D eigenvalue weighted by Gasteiger charge is -2.25. The average Bonchev–Trinajstić information content (AvgIpc) is 2.89. The maximum atomic E-state index is 13.9. The van der Waals surface area contributed by atoms with Gasteiger partial charge in [0.2, 0.25) is 0 Å². The van der Waals surface area contributed by atoms with Crippen molar-refractivity contribution >= 4 is 22.7 Å². The standard InChI is InChI=1S/C17H19F3N4O2/c1-4-26-14(25)15-7-16(15,17(18,19)20)9-24(8-15)12-5-10(2)22-13-11(12)6-21-23(13)3/h5-6H,4,7-9H2,1-3H3. The Hall–Kier alpha value is -2.32. The maximum absolute atomic E-state index is 13.9. The highest BCUT2D eigenvalue weighted by molar-refractivity contribution is 5.92. The van der Waals surface area contributed by atoms with Crippen molar-refractivity contribution in [1.29, 1.82) is 0 Å². The van der Waals surface area contributed by atoms with E-state index in [0.717, 1.165) is 0 Å². The zero-order valence-corrected chi connectivity index (χ0v) is 14.7. The molecule has 3 heterocycles. The van der Waals surface area contributed by atoms with Gasteiger partial charge in [-0.1, -0.05) is 0 Å². The highest BCUT2D eigenvalue weighted by Crippen LogP contribution is 2.75. The third kappa shape index (κ3) is 2.02. The molecule has 0 aromatic carbocycles. The van der Waals surface area contributed by atoms with Gasteiger partial charge in [0.05, 0.1) is 23.9 Å². The van der Waals surface area contributed by atoms with Crippen LogP contribution in [0.1, 0.15) is 19.0 Å². The summed E-state index contributed by atoms with van der Waals surface area (Å²) in [5.74, 6) is -0.756. The molecule has 2 aromatic rings. The molecule has 1 aliphatic carbocycles.